The number of hydrogen-bond acceptors (Lipinski definition) is 3. The Morgan fingerprint density at radius 3 is 2.85 bits per heavy atom. The molecule has 1 N–H and O–H groups in total. The zero-order chi connectivity index (χ0) is 17.9. The van der Waals surface area contributed by atoms with Gasteiger partial charge in [-0.05, 0) is 55.3 Å². The molecule has 0 spiro atoms. The van der Waals surface area contributed by atoms with Crippen LogP contribution in [0.2, 0.25) is 0 Å². The Kier molecular flexibility index (Phi) is 4.44. The van der Waals surface area contributed by atoms with Crippen LogP contribution in [0.4, 0.5) is 5.69 Å². The van der Waals surface area contributed by atoms with Crippen molar-refractivity contribution < 1.29 is 9.53 Å². The van der Waals surface area contributed by atoms with E-state index >= 15 is 0 Å². The lowest BCUT2D eigenvalue weighted by atomic mass is 9.97. The van der Waals surface area contributed by atoms with Crippen LogP contribution in [0, 0.1) is 12.8 Å². The molecule has 1 aliphatic rings. The van der Waals surface area contributed by atoms with Gasteiger partial charge < -0.3 is 14.6 Å². The Morgan fingerprint density at radius 1 is 1.19 bits per heavy atom. The summed E-state index contributed by atoms with van der Waals surface area (Å²) in [6.45, 7) is 2.87. The van der Waals surface area contributed by atoms with Crippen molar-refractivity contribution in [3.8, 4) is 11.5 Å². The van der Waals surface area contributed by atoms with Crippen LogP contribution in [0.1, 0.15) is 17.8 Å². The van der Waals surface area contributed by atoms with Crippen LogP contribution >= 0.6 is 0 Å². The Labute approximate surface area is 152 Å². The van der Waals surface area contributed by atoms with Crippen molar-refractivity contribution in [2.75, 3.05) is 5.32 Å². The summed E-state index contributed by atoms with van der Waals surface area (Å²) in [6.07, 6.45) is 5.29. The van der Waals surface area contributed by atoms with Crippen molar-refractivity contribution in [3.05, 3.63) is 72.3 Å². The lowest BCUT2D eigenvalue weighted by molar-refractivity contribution is -0.120. The van der Waals surface area contributed by atoms with E-state index < -0.39 is 0 Å². The molecule has 1 atom stereocenters. The number of hydrogen-bond donors (Lipinski definition) is 1. The normalized spacial score (nSPS) is 16.0. The molecule has 2 heterocycles. The summed E-state index contributed by atoms with van der Waals surface area (Å²) < 4.78 is 7.95. The fraction of sp³-hybridized carbons (Fsp3) is 0.238. The minimum absolute atomic E-state index is 0.0341. The fourth-order valence-corrected chi connectivity index (χ4v) is 3.24. The standard InChI is InChI=1S/C21H21N3O2/c1-15-3-2-4-19(13-15)26-18-7-5-17(6-8-18)23-21(25)16-9-11-24-12-10-22-20(24)14-16/h2-8,10,12-13,16H,9,11,14H2,1H3,(H,23,25). The number of aromatic nitrogens is 2. The molecule has 4 rings (SSSR count). The highest BCUT2D eigenvalue weighted by molar-refractivity contribution is 5.92. The summed E-state index contributed by atoms with van der Waals surface area (Å²) >= 11 is 0. The molecule has 1 aliphatic heterocycles. The summed E-state index contributed by atoms with van der Waals surface area (Å²) in [4.78, 5) is 16.9. The Morgan fingerprint density at radius 2 is 2.04 bits per heavy atom. The van der Waals surface area contributed by atoms with Crippen molar-refractivity contribution in [1.82, 2.24) is 9.55 Å². The summed E-state index contributed by atoms with van der Waals surface area (Å²) in [5.74, 6) is 2.55. The number of benzene rings is 2. The summed E-state index contributed by atoms with van der Waals surface area (Å²) in [5, 5.41) is 3.00. The van der Waals surface area contributed by atoms with Gasteiger partial charge in [0, 0.05) is 37.0 Å². The fourth-order valence-electron chi connectivity index (χ4n) is 3.24. The van der Waals surface area contributed by atoms with Crippen molar-refractivity contribution in [2.45, 2.75) is 26.3 Å². The average molecular weight is 347 g/mol. The second kappa shape index (κ2) is 7.04. The maximum absolute atomic E-state index is 12.5. The highest BCUT2D eigenvalue weighted by Crippen LogP contribution is 2.25. The number of carbonyl (C=O) groups is 1. The van der Waals surface area contributed by atoms with E-state index in [0.717, 1.165) is 41.5 Å². The third kappa shape index (κ3) is 3.61. The third-order valence-corrected chi connectivity index (χ3v) is 4.67. The Hall–Kier alpha value is -3.08. The van der Waals surface area contributed by atoms with Gasteiger partial charge in [-0.3, -0.25) is 4.79 Å². The van der Waals surface area contributed by atoms with E-state index in [0.29, 0.717) is 6.42 Å². The zero-order valence-electron chi connectivity index (χ0n) is 14.7. The second-order valence-electron chi connectivity index (χ2n) is 6.66. The highest BCUT2D eigenvalue weighted by atomic mass is 16.5. The number of amides is 1. The number of carbonyl (C=O) groups excluding carboxylic acids is 1. The Bertz CT molecular complexity index is 915. The number of aryl methyl sites for hydroxylation is 2. The number of fused-ring (bicyclic) bond motifs is 1. The average Bonchev–Trinajstić information content (AvgIpc) is 3.11. The van der Waals surface area contributed by atoms with Gasteiger partial charge in [0.2, 0.25) is 5.91 Å². The summed E-state index contributed by atoms with van der Waals surface area (Å²) in [5.41, 5.74) is 1.93. The van der Waals surface area contributed by atoms with E-state index in [9.17, 15) is 4.79 Å². The van der Waals surface area contributed by atoms with E-state index in [1.165, 1.54) is 0 Å². The van der Waals surface area contributed by atoms with Gasteiger partial charge in [0.25, 0.3) is 0 Å². The molecular formula is C21H21N3O2. The molecular weight excluding hydrogens is 326 g/mol. The maximum Gasteiger partial charge on any atom is 0.228 e. The number of rotatable bonds is 4. The first-order valence-electron chi connectivity index (χ1n) is 8.83. The zero-order valence-corrected chi connectivity index (χ0v) is 14.7. The molecule has 0 radical (unpaired) electrons. The molecule has 26 heavy (non-hydrogen) atoms. The van der Waals surface area contributed by atoms with Gasteiger partial charge in [-0.2, -0.15) is 0 Å². The molecule has 0 bridgehead atoms. The van der Waals surface area contributed by atoms with Crippen LogP contribution < -0.4 is 10.1 Å². The molecule has 1 aromatic heterocycles. The first kappa shape index (κ1) is 16.4. The molecule has 132 valence electrons. The predicted octanol–water partition coefficient (Wildman–Crippen LogP) is 4.18. The van der Waals surface area contributed by atoms with E-state index in [-0.39, 0.29) is 11.8 Å². The quantitative estimate of drug-likeness (QED) is 0.770. The lowest BCUT2D eigenvalue weighted by Gasteiger charge is -2.22. The smallest absolute Gasteiger partial charge is 0.228 e. The predicted molar refractivity (Wildman–Crippen MR) is 100 cm³/mol. The van der Waals surface area contributed by atoms with E-state index in [1.807, 2.05) is 61.7 Å². The summed E-state index contributed by atoms with van der Waals surface area (Å²) in [7, 11) is 0. The molecule has 0 fully saturated rings. The molecule has 0 aliphatic carbocycles. The van der Waals surface area contributed by atoms with Gasteiger partial charge in [0.05, 0.1) is 0 Å². The molecule has 5 heteroatoms. The van der Waals surface area contributed by atoms with Gasteiger partial charge in [-0.25, -0.2) is 4.98 Å². The maximum atomic E-state index is 12.5. The molecule has 1 unspecified atom stereocenters. The van der Waals surface area contributed by atoms with Gasteiger partial charge in [-0.1, -0.05) is 12.1 Å². The minimum Gasteiger partial charge on any atom is -0.457 e. The second-order valence-corrected chi connectivity index (χ2v) is 6.66. The van der Waals surface area contributed by atoms with Crippen LogP contribution in [-0.4, -0.2) is 15.5 Å². The van der Waals surface area contributed by atoms with Gasteiger partial charge in [-0.15, -0.1) is 0 Å². The first-order valence-corrected chi connectivity index (χ1v) is 8.83. The molecule has 0 saturated carbocycles. The molecule has 3 aromatic rings. The monoisotopic (exact) mass is 347 g/mol. The largest absolute Gasteiger partial charge is 0.457 e. The van der Waals surface area contributed by atoms with Crippen LogP contribution in [0.25, 0.3) is 0 Å². The number of imidazole rings is 1. The van der Waals surface area contributed by atoms with Crippen molar-refractivity contribution >= 4 is 11.6 Å². The van der Waals surface area contributed by atoms with Crippen LogP contribution in [-0.2, 0) is 17.8 Å². The van der Waals surface area contributed by atoms with Crippen LogP contribution in [0.5, 0.6) is 11.5 Å². The van der Waals surface area contributed by atoms with Crippen LogP contribution in [0.15, 0.2) is 60.9 Å². The van der Waals surface area contributed by atoms with Crippen LogP contribution in [0.3, 0.4) is 0 Å². The van der Waals surface area contributed by atoms with Gasteiger partial charge in [0.15, 0.2) is 0 Å². The number of nitrogens with zero attached hydrogens (tertiary/aromatic N) is 2. The van der Waals surface area contributed by atoms with E-state index in [1.54, 1.807) is 6.20 Å². The minimum atomic E-state index is -0.0341. The number of ether oxygens (including phenoxy) is 1. The SMILES string of the molecule is Cc1cccc(Oc2ccc(NC(=O)C3CCn4ccnc4C3)cc2)c1. The summed E-state index contributed by atoms with van der Waals surface area (Å²) in [6, 6.07) is 15.4. The number of anilines is 1. The molecule has 5 nitrogen and oxygen atoms in total. The molecule has 1 amide bonds. The highest BCUT2D eigenvalue weighted by Gasteiger charge is 2.25. The molecule has 0 saturated heterocycles. The van der Waals surface area contributed by atoms with E-state index in [4.69, 9.17) is 4.74 Å². The van der Waals surface area contributed by atoms with Crippen molar-refractivity contribution in [3.63, 3.8) is 0 Å². The van der Waals surface area contributed by atoms with Crippen molar-refractivity contribution in [2.24, 2.45) is 5.92 Å². The number of nitrogens with one attached hydrogen (secondary N) is 1. The first-order chi connectivity index (χ1) is 12.7. The van der Waals surface area contributed by atoms with Crippen molar-refractivity contribution in [1.29, 1.82) is 0 Å². The van der Waals surface area contributed by atoms with Gasteiger partial charge in [0.1, 0.15) is 17.3 Å². The lowest BCUT2D eigenvalue weighted by Crippen LogP contribution is -2.30. The molecule has 2 aromatic carbocycles. The topological polar surface area (TPSA) is 56.1 Å². The Balaban J connectivity index is 1.37. The third-order valence-electron chi connectivity index (χ3n) is 4.67. The van der Waals surface area contributed by atoms with E-state index in [2.05, 4.69) is 14.9 Å². The van der Waals surface area contributed by atoms with Gasteiger partial charge >= 0.3 is 0 Å².